The first-order valence-corrected chi connectivity index (χ1v) is 6.72. The standard InChI is InChI=1S/C14H14F3N3O/c15-14(16,17)11-5-1-3-9(7-11)12-18-19-13-10(8-21)4-2-6-20(12)13/h1,3,5,7,10,21H,2,4,6,8H2. The van der Waals surface area contributed by atoms with Crippen LogP contribution in [0, 0.1) is 0 Å². The normalized spacial score (nSPS) is 18.6. The molecule has 0 fully saturated rings. The average Bonchev–Trinajstić information content (AvgIpc) is 2.90. The van der Waals surface area contributed by atoms with Crippen LogP contribution in [0.3, 0.4) is 0 Å². The number of aliphatic hydroxyl groups excluding tert-OH is 1. The lowest BCUT2D eigenvalue weighted by Crippen LogP contribution is -2.19. The second-order valence-corrected chi connectivity index (χ2v) is 5.13. The number of fused-ring (bicyclic) bond motifs is 1. The van der Waals surface area contributed by atoms with E-state index < -0.39 is 11.7 Å². The second kappa shape index (κ2) is 5.14. The fourth-order valence-electron chi connectivity index (χ4n) is 2.68. The molecule has 1 aliphatic rings. The van der Waals surface area contributed by atoms with Crippen molar-refractivity contribution in [3.63, 3.8) is 0 Å². The van der Waals surface area contributed by atoms with Crippen LogP contribution >= 0.6 is 0 Å². The number of aromatic nitrogens is 3. The Labute approximate surface area is 119 Å². The zero-order valence-corrected chi connectivity index (χ0v) is 11.1. The van der Waals surface area contributed by atoms with Crippen LogP contribution in [0.25, 0.3) is 11.4 Å². The molecule has 0 amide bonds. The van der Waals surface area contributed by atoms with Gasteiger partial charge in [0.05, 0.1) is 12.2 Å². The number of halogens is 3. The maximum atomic E-state index is 12.8. The first-order chi connectivity index (χ1) is 10.0. The second-order valence-electron chi connectivity index (χ2n) is 5.13. The largest absolute Gasteiger partial charge is 0.416 e. The molecule has 2 aromatic rings. The summed E-state index contributed by atoms with van der Waals surface area (Å²) in [6, 6.07) is 5.08. The van der Waals surface area contributed by atoms with Gasteiger partial charge in [0.2, 0.25) is 0 Å². The van der Waals surface area contributed by atoms with Crippen molar-refractivity contribution in [1.82, 2.24) is 14.8 Å². The summed E-state index contributed by atoms with van der Waals surface area (Å²) >= 11 is 0. The van der Waals surface area contributed by atoms with Gasteiger partial charge in [0.15, 0.2) is 5.82 Å². The highest BCUT2D eigenvalue weighted by atomic mass is 19.4. The molecule has 1 aromatic carbocycles. The van der Waals surface area contributed by atoms with Gasteiger partial charge in [0.25, 0.3) is 0 Å². The van der Waals surface area contributed by atoms with Gasteiger partial charge < -0.3 is 9.67 Å². The summed E-state index contributed by atoms with van der Waals surface area (Å²) in [4.78, 5) is 0. The molecule has 0 saturated carbocycles. The van der Waals surface area contributed by atoms with Gasteiger partial charge in [0.1, 0.15) is 5.82 Å². The van der Waals surface area contributed by atoms with Gasteiger partial charge in [-0.1, -0.05) is 12.1 Å². The molecular weight excluding hydrogens is 283 g/mol. The van der Waals surface area contributed by atoms with Crippen LogP contribution in [0.1, 0.15) is 30.1 Å². The Morgan fingerprint density at radius 1 is 1.29 bits per heavy atom. The molecule has 3 rings (SSSR count). The van der Waals surface area contributed by atoms with Gasteiger partial charge in [-0.05, 0) is 25.0 Å². The topological polar surface area (TPSA) is 50.9 Å². The molecular formula is C14H14F3N3O. The highest BCUT2D eigenvalue weighted by molar-refractivity contribution is 5.57. The Kier molecular flexibility index (Phi) is 3.44. The lowest BCUT2D eigenvalue weighted by molar-refractivity contribution is -0.137. The lowest BCUT2D eigenvalue weighted by Gasteiger charge is -2.22. The van der Waals surface area contributed by atoms with Crippen LogP contribution in [0.2, 0.25) is 0 Å². The van der Waals surface area contributed by atoms with Crippen molar-refractivity contribution < 1.29 is 18.3 Å². The van der Waals surface area contributed by atoms with E-state index in [0.717, 1.165) is 25.0 Å². The van der Waals surface area contributed by atoms with Gasteiger partial charge in [-0.3, -0.25) is 0 Å². The molecule has 1 atom stereocenters. The lowest BCUT2D eigenvalue weighted by atomic mass is 9.99. The van der Waals surface area contributed by atoms with Gasteiger partial charge in [-0.2, -0.15) is 13.2 Å². The molecule has 1 aliphatic heterocycles. The van der Waals surface area contributed by atoms with Crippen LogP contribution < -0.4 is 0 Å². The van der Waals surface area contributed by atoms with Crippen molar-refractivity contribution in [2.24, 2.45) is 0 Å². The Morgan fingerprint density at radius 2 is 2.10 bits per heavy atom. The van der Waals surface area contributed by atoms with Crippen molar-refractivity contribution in [1.29, 1.82) is 0 Å². The molecule has 4 nitrogen and oxygen atoms in total. The van der Waals surface area contributed by atoms with Crippen LogP contribution in [0.15, 0.2) is 24.3 Å². The zero-order chi connectivity index (χ0) is 15.0. The molecule has 0 spiro atoms. The molecule has 0 aliphatic carbocycles. The van der Waals surface area contributed by atoms with Gasteiger partial charge >= 0.3 is 6.18 Å². The maximum Gasteiger partial charge on any atom is 0.416 e. The first kappa shape index (κ1) is 14.1. The number of alkyl halides is 3. The van der Waals surface area contributed by atoms with E-state index in [9.17, 15) is 18.3 Å². The maximum absolute atomic E-state index is 12.8. The van der Waals surface area contributed by atoms with Crippen LogP contribution in [0.4, 0.5) is 13.2 Å². The van der Waals surface area contributed by atoms with Crippen LogP contribution in [-0.2, 0) is 12.7 Å². The minimum absolute atomic E-state index is 0.0271. The molecule has 0 saturated heterocycles. The van der Waals surface area contributed by atoms with E-state index >= 15 is 0 Å². The van der Waals surface area contributed by atoms with E-state index in [1.165, 1.54) is 6.07 Å². The number of benzene rings is 1. The number of nitrogens with zero attached hydrogens (tertiary/aromatic N) is 3. The van der Waals surface area contributed by atoms with Crippen molar-refractivity contribution in [2.45, 2.75) is 31.5 Å². The molecule has 2 heterocycles. The van der Waals surface area contributed by atoms with E-state index in [-0.39, 0.29) is 12.5 Å². The molecule has 1 unspecified atom stereocenters. The summed E-state index contributed by atoms with van der Waals surface area (Å²) in [5.41, 5.74) is -0.311. The van der Waals surface area contributed by atoms with Crippen molar-refractivity contribution >= 4 is 0 Å². The summed E-state index contributed by atoms with van der Waals surface area (Å²) in [7, 11) is 0. The third kappa shape index (κ3) is 2.53. The number of hydrogen-bond acceptors (Lipinski definition) is 3. The Morgan fingerprint density at radius 3 is 2.81 bits per heavy atom. The van der Waals surface area contributed by atoms with Crippen LogP contribution in [0.5, 0.6) is 0 Å². The fourth-order valence-corrected chi connectivity index (χ4v) is 2.68. The van der Waals surface area contributed by atoms with E-state index in [0.29, 0.717) is 23.8 Å². The zero-order valence-electron chi connectivity index (χ0n) is 11.1. The van der Waals surface area contributed by atoms with Gasteiger partial charge in [-0.15, -0.1) is 10.2 Å². The van der Waals surface area contributed by atoms with Gasteiger partial charge in [-0.25, -0.2) is 0 Å². The highest BCUT2D eigenvalue weighted by Crippen LogP contribution is 2.33. The van der Waals surface area contributed by atoms with Crippen molar-refractivity contribution in [2.75, 3.05) is 6.61 Å². The summed E-state index contributed by atoms with van der Waals surface area (Å²) < 4.78 is 40.2. The van der Waals surface area contributed by atoms with E-state index in [2.05, 4.69) is 10.2 Å². The minimum atomic E-state index is -4.38. The first-order valence-electron chi connectivity index (χ1n) is 6.72. The van der Waals surface area contributed by atoms with Crippen LogP contribution in [-0.4, -0.2) is 26.5 Å². The number of hydrogen-bond donors (Lipinski definition) is 1. The molecule has 1 N–H and O–H groups in total. The number of aliphatic hydroxyl groups is 1. The highest BCUT2D eigenvalue weighted by Gasteiger charge is 2.31. The summed E-state index contributed by atoms with van der Waals surface area (Å²) in [6.45, 7) is 0.630. The monoisotopic (exact) mass is 297 g/mol. The molecule has 1 aromatic heterocycles. The third-order valence-electron chi connectivity index (χ3n) is 3.75. The minimum Gasteiger partial charge on any atom is -0.396 e. The smallest absolute Gasteiger partial charge is 0.396 e. The van der Waals surface area contributed by atoms with Gasteiger partial charge in [0, 0.05) is 18.0 Å². The molecule has 0 radical (unpaired) electrons. The third-order valence-corrected chi connectivity index (χ3v) is 3.75. The summed E-state index contributed by atoms with van der Waals surface area (Å²) in [6.07, 6.45) is -2.71. The number of rotatable bonds is 2. The fraction of sp³-hybridized carbons (Fsp3) is 0.429. The SMILES string of the molecule is OCC1CCCn2c(-c3cccc(C(F)(F)F)c3)nnc21. The quantitative estimate of drug-likeness (QED) is 0.927. The van der Waals surface area contributed by atoms with Crippen molar-refractivity contribution in [3.05, 3.63) is 35.7 Å². The molecule has 112 valence electrons. The van der Waals surface area contributed by atoms with E-state index in [4.69, 9.17) is 0 Å². The molecule has 7 heteroatoms. The Bertz CT molecular complexity index is 651. The summed E-state index contributed by atoms with van der Waals surface area (Å²) in [5.74, 6) is 0.983. The van der Waals surface area contributed by atoms with Crippen molar-refractivity contribution in [3.8, 4) is 11.4 Å². The Balaban J connectivity index is 2.04. The average molecular weight is 297 g/mol. The predicted molar refractivity (Wildman–Crippen MR) is 69.5 cm³/mol. The predicted octanol–water partition coefficient (Wildman–Crippen LogP) is 2.83. The van der Waals surface area contributed by atoms with E-state index in [1.807, 2.05) is 0 Å². The van der Waals surface area contributed by atoms with E-state index in [1.54, 1.807) is 10.6 Å². The molecule has 0 bridgehead atoms. The molecule has 21 heavy (non-hydrogen) atoms. The summed E-state index contributed by atoms with van der Waals surface area (Å²) in [5, 5.41) is 17.4. The Hall–Kier alpha value is -1.89.